The SMILES string of the molecule is CCCC(C)NC(=O)C(C)Oc1ccc(C)cc1C. The van der Waals surface area contributed by atoms with Gasteiger partial charge in [-0.05, 0) is 45.7 Å². The molecule has 3 heteroatoms. The standard InChI is InChI=1S/C16H25NO2/c1-6-7-13(4)17-16(18)14(5)19-15-9-8-11(2)10-12(15)3/h8-10,13-14H,6-7H2,1-5H3,(H,17,18). The Kier molecular flexibility index (Phi) is 5.87. The summed E-state index contributed by atoms with van der Waals surface area (Å²) < 4.78 is 5.73. The molecule has 0 radical (unpaired) electrons. The molecule has 0 heterocycles. The van der Waals surface area contributed by atoms with Gasteiger partial charge in [0, 0.05) is 6.04 Å². The Morgan fingerprint density at radius 3 is 2.58 bits per heavy atom. The molecule has 0 aliphatic heterocycles. The van der Waals surface area contributed by atoms with Crippen molar-refractivity contribution < 1.29 is 9.53 Å². The molecule has 1 rings (SSSR count). The molecular weight excluding hydrogens is 238 g/mol. The third-order valence-electron chi connectivity index (χ3n) is 3.11. The van der Waals surface area contributed by atoms with Gasteiger partial charge in [0.15, 0.2) is 6.10 Å². The molecule has 2 atom stereocenters. The largest absolute Gasteiger partial charge is 0.481 e. The quantitative estimate of drug-likeness (QED) is 0.854. The number of carbonyl (C=O) groups excluding carboxylic acids is 1. The summed E-state index contributed by atoms with van der Waals surface area (Å²) in [4.78, 5) is 12.0. The Labute approximate surface area is 116 Å². The second kappa shape index (κ2) is 7.17. The molecule has 2 unspecified atom stereocenters. The third kappa shape index (κ3) is 4.93. The lowest BCUT2D eigenvalue weighted by molar-refractivity contribution is -0.127. The van der Waals surface area contributed by atoms with Crippen LogP contribution in [0.25, 0.3) is 0 Å². The lowest BCUT2D eigenvalue weighted by Gasteiger charge is -2.19. The van der Waals surface area contributed by atoms with Gasteiger partial charge in [0.1, 0.15) is 5.75 Å². The van der Waals surface area contributed by atoms with E-state index in [0.29, 0.717) is 0 Å². The van der Waals surface area contributed by atoms with E-state index in [1.165, 1.54) is 5.56 Å². The molecule has 0 aromatic heterocycles. The van der Waals surface area contributed by atoms with E-state index in [4.69, 9.17) is 4.74 Å². The van der Waals surface area contributed by atoms with E-state index < -0.39 is 6.10 Å². The van der Waals surface area contributed by atoms with Gasteiger partial charge in [0.2, 0.25) is 0 Å². The van der Waals surface area contributed by atoms with Crippen molar-refractivity contribution in [1.82, 2.24) is 5.32 Å². The average Bonchev–Trinajstić information content (AvgIpc) is 2.32. The number of benzene rings is 1. The van der Waals surface area contributed by atoms with E-state index in [9.17, 15) is 4.79 Å². The maximum absolute atomic E-state index is 12.0. The van der Waals surface area contributed by atoms with Crippen LogP contribution < -0.4 is 10.1 Å². The van der Waals surface area contributed by atoms with Crippen LogP contribution in [-0.2, 0) is 4.79 Å². The molecule has 1 aromatic rings. The zero-order valence-electron chi connectivity index (χ0n) is 12.6. The van der Waals surface area contributed by atoms with Crippen LogP contribution in [-0.4, -0.2) is 18.1 Å². The van der Waals surface area contributed by atoms with E-state index >= 15 is 0 Å². The third-order valence-corrected chi connectivity index (χ3v) is 3.11. The number of nitrogens with one attached hydrogen (secondary N) is 1. The van der Waals surface area contributed by atoms with Crippen molar-refractivity contribution in [1.29, 1.82) is 0 Å². The zero-order chi connectivity index (χ0) is 14.4. The summed E-state index contributed by atoms with van der Waals surface area (Å²) in [7, 11) is 0. The first kappa shape index (κ1) is 15.5. The molecule has 0 spiro atoms. The van der Waals surface area contributed by atoms with Crippen LogP contribution in [0.4, 0.5) is 0 Å². The second-order valence-electron chi connectivity index (χ2n) is 5.23. The topological polar surface area (TPSA) is 38.3 Å². The first-order valence-electron chi connectivity index (χ1n) is 6.98. The Bertz CT molecular complexity index is 429. The highest BCUT2D eigenvalue weighted by atomic mass is 16.5. The lowest BCUT2D eigenvalue weighted by Crippen LogP contribution is -2.41. The summed E-state index contributed by atoms with van der Waals surface area (Å²) in [5.41, 5.74) is 2.25. The van der Waals surface area contributed by atoms with Crippen LogP contribution in [0.2, 0.25) is 0 Å². The molecule has 0 bridgehead atoms. The highest BCUT2D eigenvalue weighted by Gasteiger charge is 2.17. The Morgan fingerprint density at radius 1 is 1.32 bits per heavy atom. The van der Waals surface area contributed by atoms with Crippen LogP contribution in [0.15, 0.2) is 18.2 Å². The van der Waals surface area contributed by atoms with Gasteiger partial charge in [-0.15, -0.1) is 0 Å². The summed E-state index contributed by atoms with van der Waals surface area (Å²) in [6, 6.07) is 6.17. The molecule has 106 valence electrons. The van der Waals surface area contributed by atoms with Crippen molar-refractivity contribution in [3.05, 3.63) is 29.3 Å². The minimum atomic E-state index is -0.472. The fourth-order valence-electron chi connectivity index (χ4n) is 2.04. The van der Waals surface area contributed by atoms with Crippen LogP contribution in [0.5, 0.6) is 5.75 Å². The van der Waals surface area contributed by atoms with Gasteiger partial charge >= 0.3 is 0 Å². The Hall–Kier alpha value is -1.51. The number of hydrogen-bond donors (Lipinski definition) is 1. The molecule has 0 fully saturated rings. The summed E-state index contributed by atoms with van der Waals surface area (Å²) >= 11 is 0. The smallest absolute Gasteiger partial charge is 0.260 e. The van der Waals surface area contributed by atoms with E-state index in [-0.39, 0.29) is 11.9 Å². The molecule has 0 aliphatic rings. The predicted molar refractivity (Wildman–Crippen MR) is 78.5 cm³/mol. The predicted octanol–water partition coefficient (Wildman–Crippen LogP) is 3.38. The van der Waals surface area contributed by atoms with Crippen molar-refractivity contribution in [2.75, 3.05) is 0 Å². The number of carbonyl (C=O) groups is 1. The molecule has 0 saturated carbocycles. The second-order valence-corrected chi connectivity index (χ2v) is 5.23. The normalized spacial score (nSPS) is 13.7. The molecule has 3 nitrogen and oxygen atoms in total. The average molecular weight is 263 g/mol. The van der Waals surface area contributed by atoms with Crippen LogP contribution in [0.3, 0.4) is 0 Å². The Balaban J connectivity index is 2.58. The minimum absolute atomic E-state index is 0.0547. The van der Waals surface area contributed by atoms with Gasteiger partial charge in [-0.3, -0.25) is 4.79 Å². The number of ether oxygens (including phenoxy) is 1. The van der Waals surface area contributed by atoms with Crippen molar-refractivity contribution in [2.45, 2.75) is 59.6 Å². The lowest BCUT2D eigenvalue weighted by atomic mass is 10.1. The van der Waals surface area contributed by atoms with E-state index in [1.807, 2.05) is 32.9 Å². The number of rotatable bonds is 6. The number of hydrogen-bond acceptors (Lipinski definition) is 2. The van der Waals surface area contributed by atoms with Crippen molar-refractivity contribution in [3.8, 4) is 5.75 Å². The van der Waals surface area contributed by atoms with Gasteiger partial charge in [-0.25, -0.2) is 0 Å². The highest BCUT2D eigenvalue weighted by molar-refractivity contribution is 5.81. The summed E-state index contributed by atoms with van der Waals surface area (Å²) in [6.07, 6.45) is 1.58. The first-order valence-corrected chi connectivity index (χ1v) is 6.98. The van der Waals surface area contributed by atoms with Gasteiger partial charge in [0.05, 0.1) is 0 Å². The number of aryl methyl sites for hydroxylation is 2. The monoisotopic (exact) mass is 263 g/mol. The Morgan fingerprint density at radius 2 is 2.00 bits per heavy atom. The maximum Gasteiger partial charge on any atom is 0.260 e. The number of amides is 1. The summed E-state index contributed by atoms with van der Waals surface area (Å²) in [5, 5.41) is 2.97. The summed E-state index contributed by atoms with van der Waals surface area (Å²) in [6.45, 7) is 9.95. The van der Waals surface area contributed by atoms with Gasteiger partial charge in [0.25, 0.3) is 5.91 Å². The first-order chi connectivity index (χ1) is 8.93. The molecule has 0 aliphatic carbocycles. The fourth-order valence-corrected chi connectivity index (χ4v) is 2.04. The fraction of sp³-hybridized carbons (Fsp3) is 0.562. The van der Waals surface area contributed by atoms with Gasteiger partial charge < -0.3 is 10.1 Å². The van der Waals surface area contributed by atoms with Crippen LogP contribution in [0.1, 0.15) is 44.7 Å². The molecule has 19 heavy (non-hydrogen) atoms. The molecular formula is C16H25NO2. The van der Waals surface area contributed by atoms with Gasteiger partial charge in [-0.1, -0.05) is 31.0 Å². The van der Waals surface area contributed by atoms with Gasteiger partial charge in [-0.2, -0.15) is 0 Å². The zero-order valence-corrected chi connectivity index (χ0v) is 12.6. The minimum Gasteiger partial charge on any atom is -0.481 e. The van der Waals surface area contributed by atoms with Crippen LogP contribution >= 0.6 is 0 Å². The van der Waals surface area contributed by atoms with Crippen LogP contribution in [0, 0.1) is 13.8 Å². The van der Waals surface area contributed by atoms with Crippen molar-refractivity contribution >= 4 is 5.91 Å². The molecule has 1 amide bonds. The molecule has 1 aromatic carbocycles. The summed E-state index contributed by atoms with van der Waals surface area (Å²) in [5.74, 6) is 0.720. The van der Waals surface area contributed by atoms with E-state index in [1.54, 1.807) is 6.92 Å². The van der Waals surface area contributed by atoms with E-state index in [2.05, 4.69) is 18.3 Å². The van der Waals surface area contributed by atoms with Crippen molar-refractivity contribution in [2.24, 2.45) is 0 Å². The van der Waals surface area contributed by atoms with E-state index in [0.717, 1.165) is 24.2 Å². The molecule has 1 N–H and O–H groups in total. The highest BCUT2D eigenvalue weighted by Crippen LogP contribution is 2.20. The maximum atomic E-state index is 12.0. The molecule has 0 saturated heterocycles. The van der Waals surface area contributed by atoms with Crippen molar-refractivity contribution in [3.63, 3.8) is 0 Å².